The molecule has 1 aliphatic rings. The highest BCUT2D eigenvalue weighted by atomic mass is 16.5. The zero-order valence-corrected chi connectivity index (χ0v) is 12.1. The van der Waals surface area contributed by atoms with Gasteiger partial charge in [0.1, 0.15) is 5.75 Å². The highest BCUT2D eigenvalue weighted by Crippen LogP contribution is 2.29. The Labute approximate surface area is 115 Å². The SMILES string of the molecule is COc1cc(C)cc(C)c1NCCC1CNCCO1. The number of ether oxygens (including phenoxy) is 2. The van der Waals surface area contributed by atoms with Gasteiger partial charge in [0.15, 0.2) is 0 Å². The van der Waals surface area contributed by atoms with Crippen LogP contribution in [0.4, 0.5) is 5.69 Å². The molecule has 1 atom stereocenters. The van der Waals surface area contributed by atoms with E-state index in [0.29, 0.717) is 6.10 Å². The summed E-state index contributed by atoms with van der Waals surface area (Å²) in [5.41, 5.74) is 3.54. The largest absolute Gasteiger partial charge is 0.495 e. The van der Waals surface area contributed by atoms with E-state index in [-0.39, 0.29) is 0 Å². The van der Waals surface area contributed by atoms with E-state index >= 15 is 0 Å². The standard InChI is InChI=1S/C15H24N2O2/c1-11-8-12(2)15(14(9-11)18-3)17-5-4-13-10-16-6-7-19-13/h8-9,13,16-17H,4-7,10H2,1-3H3. The molecule has 0 saturated carbocycles. The Hall–Kier alpha value is -1.26. The molecule has 0 aliphatic carbocycles. The predicted octanol–water partition coefficient (Wildman–Crippen LogP) is 2.10. The first-order valence-corrected chi connectivity index (χ1v) is 6.92. The minimum Gasteiger partial charge on any atom is -0.495 e. The lowest BCUT2D eigenvalue weighted by Gasteiger charge is -2.24. The lowest BCUT2D eigenvalue weighted by molar-refractivity contribution is 0.0258. The van der Waals surface area contributed by atoms with Crippen LogP contribution in [0.1, 0.15) is 17.5 Å². The first kappa shape index (κ1) is 14.2. The average Bonchev–Trinajstić information content (AvgIpc) is 2.42. The fraction of sp³-hybridized carbons (Fsp3) is 0.600. The van der Waals surface area contributed by atoms with Crippen LogP contribution in [0, 0.1) is 13.8 Å². The lowest BCUT2D eigenvalue weighted by atomic mass is 10.1. The third-order valence-corrected chi connectivity index (χ3v) is 3.44. The Balaban J connectivity index is 1.91. The van der Waals surface area contributed by atoms with Crippen molar-refractivity contribution in [1.29, 1.82) is 0 Å². The van der Waals surface area contributed by atoms with Crippen LogP contribution in [0.15, 0.2) is 12.1 Å². The predicted molar refractivity (Wildman–Crippen MR) is 78.2 cm³/mol. The van der Waals surface area contributed by atoms with Gasteiger partial charge in [-0.1, -0.05) is 6.07 Å². The number of hydrogen-bond acceptors (Lipinski definition) is 4. The first-order valence-electron chi connectivity index (χ1n) is 6.92. The number of aryl methyl sites for hydroxylation is 2. The number of rotatable bonds is 5. The summed E-state index contributed by atoms with van der Waals surface area (Å²) in [5, 5.41) is 6.82. The summed E-state index contributed by atoms with van der Waals surface area (Å²) in [6.07, 6.45) is 1.32. The van der Waals surface area contributed by atoms with Gasteiger partial charge in [-0.05, 0) is 37.5 Å². The van der Waals surface area contributed by atoms with Gasteiger partial charge in [-0.25, -0.2) is 0 Å². The monoisotopic (exact) mass is 264 g/mol. The van der Waals surface area contributed by atoms with Crippen molar-refractivity contribution in [2.45, 2.75) is 26.4 Å². The highest BCUT2D eigenvalue weighted by Gasteiger charge is 2.13. The van der Waals surface area contributed by atoms with E-state index in [4.69, 9.17) is 9.47 Å². The fourth-order valence-corrected chi connectivity index (χ4v) is 2.48. The van der Waals surface area contributed by atoms with Crippen molar-refractivity contribution < 1.29 is 9.47 Å². The van der Waals surface area contributed by atoms with Gasteiger partial charge in [-0.2, -0.15) is 0 Å². The van der Waals surface area contributed by atoms with Crippen molar-refractivity contribution in [2.75, 3.05) is 38.7 Å². The topological polar surface area (TPSA) is 42.5 Å². The van der Waals surface area contributed by atoms with Gasteiger partial charge < -0.3 is 20.1 Å². The molecule has 1 aliphatic heterocycles. The minimum absolute atomic E-state index is 0.318. The Morgan fingerprint density at radius 1 is 1.42 bits per heavy atom. The van der Waals surface area contributed by atoms with Crippen molar-refractivity contribution in [1.82, 2.24) is 5.32 Å². The molecule has 1 heterocycles. The summed E-state index contributed by atoms with van der Waals surface area (Å²) in [6, 6.07) is 4.23. The van der Waals surface area contributed by atoms with Gasteiger partial charge in [0.05, 0.1) is 25.5 Å². The van der Waals surface area contributed by atoms with E-state index < -0.39 is 0 Å². The Morgan fingerprint density at radius 2 is 2.26 bits per heavy atom. The summed E-state index contributed by atoms with van der Waals surface area (Å²) in [5.74, 6) is 0.917. The molecule has 106 valence electrons. The Kier molecular flexibility index (Phi) is 5.05. The number of nitrogens with one attached hydrogen (secondary N) is 2. The number of methoxy groups -OCH3 is 1. The van der Waals surface area contributed by atoms with E-state index in [2.05, 4.69) is 36.6 Å². The van der Waals surface area contributed by atoms with E-state index in [1.807, 2.05) is 0 Å². The van der Waals surface area contributed by atoms with Crippen molar-refractivity contribution in [2.24, 2.45) is 0 Å². The average molecular weight is 264 g/mol. The summed E-state index contributed by atoms with van der Waals surface area (Å²) in [6.45, 7) is 7.82. The van der Waals surface area contributed by atoms with Gasteiger partial charge in [-0.3, -0.25) is 0 Å². The molecule has 19 heavy (non-hydrogen) atoms. The third-order valence-electron chi connectivity index (χ3n) is 3.44. The first-order chi connectivity index (χ1) is 9.20. The summed E-state index contributed by atoms with van der Waals surface area (Å²) in [4.78, 5) is 0. The molecular weight excluding hydrogens is 240 g/mol. The number of benzene rings is 1. The second kappa shape index (κ2) is 6.78. The summed E-state index contributed by atoms with van der Waals surface area (Å²) < 4.78 is 11.1. The molecule has 0 bridgehead atoms. The number of anilines is 1. The maximum Gasteiger partial charge on any atom is 0.142 e. The molecule has 2 N–H and O–H groups in total. The molecule has 1 unspecified atom stereocenters. The van der Waals surface area contributed by atoms with E-state index in [9.17, 15) is 0 Å². The van der Waals surface area contributed by atoms with E-state index in [0.717, 1.165) is 44.1 Å². The molecule has 0 amide bonds. The maximum atomic E-state index is 5.69. The molecule has 1 aromatic carbocycles. The molecule has 0 radical (unpaired) electrons. The molecule has 1 fully saturated rings. The van der Waals surface area contributed by atoms with Crippen LogP contribution in [-0.2, 0) is 4.74 Å². The van der Waals surface area contributed by atoms with E-state index in [1.165, 1.54) is 11.1 Å². The highest BCUT2D eigenvalue weighted by molar-refractivity contribution is 5.63. The number of hydrogen-bond donors (Lipinski definition) is 2. The quantitative estimate of drug-likeness (QED) is 0.854. The second-order valence-corrected chi connectivity index (χ2v) is 5.07. The smallest absolute Gasteiger partial charge is 0.142 e. The maximum absolute atomic E-state index is 5.69. The summed E-state index contributed by atoms with van der Waals surface area (Å²) >= 11 is 0. The van der Waals surface area contributed by atoms with Crippen LogP contribution in [-0.4, -0.2) is 39.5 Å². The van der Waals surface area contributed by atoms with Crippen molar-refractivity contribution >= 4 is 5.69 Å². The molecule has 4 heteroatoms. The van der Waals surface area contributed by atoms with Crippen LogP contribution in [0.5, 0.6) is 5.75 Å². The van der Waals surface area contributed by atoms with Crippen molar-refractivity contribution in [3.05, 3.63) is 23.3 Å². The zero-order chi connectivity index (χ0) is 13.7. The molecule has 0 spiro atoms. The van der Waals surface area contributed by atoms with Crippen LogP contribution in [0.3, 0.4) is 0 Å². The van der Waals surface area contributed by atoms with Crippen LogP contribution in [0.2, 0.25) is 0 Å². The van der Waals surface area contributed by atoms with Crippen molar-refractivity contribution in [3.63, 3.8) is 0 Å². The fourth-order valence-electron chi connectivity index (χ4n) is 2.48. The molecule has 4 nitrogen and oxygen atoms in total. The summed E-state index contributed by atoms with van der Waals surface area (Å²) in [7, 11) is 1.72. The second-order valence-electron chi connectivity index (χ2n) is 5.07. The van der Waals surface area contributed by atoms with Crippen LogP contribution in [0.25, 0.3) is 0 Å². The van der Waals surface area contributed by atoms with Gasteiger partial charge in [0, 0.05) is 19.6 Å². The molecule has 1 saturated heterocycles. The molecular formula is C15H24N2O2. The molecule has 1 aromatic rings. The number of morpholine rings is 1. The van der Waals surface area contributed by atoms with Gasteiger partial charge >= 0.3 is 0 Å². The van der Waals surface area contributed by atoms with Gasteiger partial charge in [-0.15, -0.1) is 0 Å². The van der Waals surface area contributed by atoms with Gasteiger partial charge in [0.2, 0.25) is 0 Å². The zero-order valence-electron chi connectivity index (χ0n) is 12.1. The van der Waals surface area contributed by atoms with Gasteiger partial charge in [0.25, 0.3) is 0 Å². The third kappa shape index (κ3) is 3.85. The molecule has 2 rings (SSSR count). The van der Waals surface area contributed by atoms with Crippen LogP contribution >= 0.6 is 0 Å². The van der Waals surface area contributed by atoms with E-state index in [1.54, 1.807) is 7.11 Å². The van der Waals surface area contributed by atoms with Crippen LogP contribution < -0.4 is 15.4 Å². The lowest BCUT2D eigenvalue weighted by Crippen LogP contribution is -2.39. The Bertz CT molecular complexity index is 415. The van der Waals surface area contributed by atoms with Crippen molar-refractivity contribution in [3.8, 4) is 5.75 Å². The Morgan fingerprint density at radius 3 is 2.95 bits per heavy atom. The normalized spacial score (nSPS) is 19.2. The minimum atomic E-state index is 0.318. The molecule has 0 aromatic heterocycles.